The third-order valence-corrected chi connectivity index (χ3v) is 3.34. The summed E-state index contributed by atoms with van der Waals surface area (Å²) in [6, 6.07) is 6.49. The highest BCUT2D eigenvalue weighted by molar-refractivity contribution is 7.11. The molecule has 3 nitrogen and oxygen atoms in total. The number of nitrogens with zero attached hydrogens (tertiary/aromatic N) is 2. The van der Waals surface area contributed by atoms with E-state index in [2.05, 4.69) is 29.1 Å². The molecule has 0 amide bonds. The summed E-state index contributed by atoms with van der Waals surface area (Å²) in [7, 11) is 0. The molecule has 17 heavy (non-hydrogen) atoms. The van der Waals surface area contributed by atoms with Gasteiger partial charge in [-0.3, -0.25) is 4.98 Å². The first-order valence-electron chi connectivity index (χ1n) is 5.81. The molecule has 0 saturated carbocycles. The number of aromatic nitrogens is 2. The zero-order valence-electron chi connectivity index (χ0n) is 10.2. The van der Waals surface area contributed by atoms with Crippen molar-refractivity contribution >= 4 is 11.3 Å². The van der Waals surface area contributed by atoms with E-state index in [0.717, 1.165) is 23.7 Å². The SMILES string of the molecule is CC(C)NCc1cnc(Cc2ccccn2)s1. The summed E-state index contributed by atoms with van der Waals surface area (Å²) in [5, 5.41) is 4.52. The molecule has 2 aromatic heterocycles. The van der Waals surface area contributed by atoms with Crippen LogP contribution in [0.15, 0.2) is 30.6 Å². The lowest BCUT2D eigenvalue weighted by Crippen LogP contribution is -2.21. The second kappa shape index (κ2) is 5.89. The molecule has 2 heterocycles. The van der Waals surface area contributed by atoms with E-state index in [1.807, 2.05) is 30.6 Å². The third-order valence-electron chi connectivity index (χ3n) is 2.34. The summed E-state index contributed by atoms with van der Waals surface area (Å²) in [6.45, 7) is 5.20. The summed E-state index contributed by atoms with van der Waals surface area (Å²) >= 11 is 1.76. The van der Waals surface area contributed by atoms with E-state index >= 15 is 0 Å². The van der Waals surface area contributed by atoms with Gasteiger partial charge in [0.2, 0.25) is 0 Å². The molecule has 0 radical (unpaired) electrons. The molecule has 0 saturated heterocycles. The maximum absolute atomic E-state index is 4.43. The van der Waals surface area contributed by atoms with Gasteiger partial charge in [0.15, 0.2) is 0 Å². The molecule has 2 aromatic rings. The van der Waals surface area contributed by atoms with Crippen LogP contribution in [0.3, 0.4) is 0 Å². The van der Waals surface area contributed by atoms with Crippen LogP contribution in [0, 0.1) is 0 Å². The Hall–Kier alpha value is -1.26. The van der Waals surface area contributed by atoms with Gasteiger partial charge in [-0.15, -0.1) is 11.3 Å². The van der Waals surface area contributed by atoms with E-state index in [9.17, 15) is 0 Å². The van der Waals surface area contributed by atoms with Crippen molar-refractivity contribution in [1.29, 1.82) is 0 Å². The van der Waals surface area contributed by atoms with Crippen molar-refractivity contribution < 1.29 is 0 Å². The van der Waals surface area contributed by atoms with Crippen LogP contribution in [0.25, 0.3) is 0 Å². The molecule has 1 N–H and O–H groups in total. The predicted molar refractivity (Wildman–Crippen MR) is 71.1 cm³/mol. The molecule has 0 fully saturated rings. The average molecular weight is 247 g/mol. The van der Waals surface area contributed by atoms with Gasteiger partial charge >= 0.3 is 0 Å². The number of nitrogens with one attached hydrogen (secondary N) is 1. The van der Waals surface area contributed by atoms with E-state index < -0.39 is 0 Å². The van der Waals surface area contributed by atoms with Crippen molar-refractivity contribution in [2.45, 2.75) is 32.9 Å². The van der Waals surface area contributed by atoms with Gasteiger partial charge in [0.1, 0.15) is 0 Å². The highest BCUT2D eigenvalue weighted by atomic mass is 32.1. The predicted octanol–water partition coefficient (Wildman–Crippen LogP) is 2.63. The van der Waals surface area contributed by atoms with Crippen molar-refractivity contribution in [2.24, 2.45) is 0 Å². The average Bonchev–Trinajstić information content (AvgIpc) is 2.75. The van der Waals surface area contributed by atoms with Crippen LogP contribution < -0.4 is 5.32 Å². The zero-order chi connectivity index (χ0) is 12.1. The lowest BCUT2D eigenvalue weighted by atomic mass is 10.3. The Balaban J connectivity index is 1.94. The van der Waals surface area contributed by atoms with Gasteiger partial charge in [-0.25, -0.2) is 4.98 Å². The van der Waals surface area contributed by atoms with E-state index in [0.29, 0.717) is 6.04 Å². The summed E-state index contributed by atoms with van der Waals surface area (Å²) in [6.07, 6.45) is 4.61. The van der Waals surface area contributed by atoms with Crippen molar-refractivity contribution in [1.82, 2.24) is 15.3 Å². The Bertz CT molecular complexity index is 451. The van der Waals surface area contributed by atoms with E-state index in [-0.39, 0.29) is 0 Å². The van der Waals surface area contributed by atoms with Crippen LogP contribution in [0.2, 0.25) is 0 Å². The minimum absolute atomic E-state index is 0.511. The van der Waals surface area contributed by atoms with E-state index in [1.165, 1.54) is 4.88 Å². The van der Waals surface area contributed by atoms with Gasteiger partial charge in [-0.2, -0.15) is 0 Å². The first kappa shape index (κ1) is 12.2. The van der Waals surface area contributed by atoms with E-state index in [4.69, 9.17) is 0 Å². The topological polar surface area (TPSA) is 37.8 Å². The Morgan fingerprint density at radius 3 is 2.88 bits per heavy atom. The standard InChI is InChI=1S/C13H17N3S/c1-10(2)15-8-12-9-16-13(17-12)7-11-5-3-4-6-14-11/h3-6,9-10,15H,7-8H2,1-2H3. The fourth-order valence-corrected chi connectivity index (χ4v) is 2.36. The number of hydrogen-bond acceptors (Lipinski definition) is 4. The Kier molecular flexibility index (Phi) is 4.23. The fraction of sp³-hybridized carbons (Fsp3) is 0.385. The smallest absolute Gasteiger partial charge is 0.0987 e. The maximum atomic E-state index is 4.43. The fourth-order valence-electron chi connectivity index (χ4n) is 1.47. The van der Waals surface area contributed by atoms with Crippen LogP contribution in [-0.2, 0) is 13.0 Å². The number of pyridine rings is 1. The van der Waals surface area contributed by atoms with Crippen LogP contribution in [0.5, 0.6) is 0 Å². The van der Waals surface area contributed by atoms with Gasteiger partial charge in [0.25, 0.3) is 0 Å². The number of thiazole rings is 1. The minimum Gasteiger partial charge on any atom is -0.310 e. The number of rotatable bonds is 5. The first-order valence-corrected chi connectivity index (χ1v) is 6.62. The summed E-state index contributed by atoms with van der Waals surface area (Å²) < 4.78 is 0. The van der Waals surface area contributed by atoms with Crippen LogP contribution in [0.4, 0.5) is 0 Å². The minimum atomic E-state index is 0.511. The van der Waals surface area contributed by atoms with Crippen LogP contribution in [-0.4, -0.2) is 16.0 Å². The maximum Gasteiger partial charge on any atom is 0.0987 e. The quantitative estimate of drug-likeness (QED) is 0.882. The molecule has 4 heteroatoms. The second-order valence-electron chi connectivity index (χ2n) is 4.25. The Morgan fingerprint density at radius 1 is 1.29 bits per heavy atom. The lowest BCUT2D eigenvalue weighted by molar-refractivity contribution is 0.593. The second-order valence-corrected chi connectivity index (χ2v) is 5.45. The van der Waals surface area contributed by atoms with Gasteiger partial charge in [0.05, 0.1) is 5.01 Å². The van der Waals surface area contributed by atoms with Crippen molar-refractivity contribution in [3.8, 4) is 0 Å². The normalized spacial score (nSPS) is 11.0. The molecule has 0 aromatic carbocycles. The molecule has 0 aliphatic carbocycles. The first-order chi connectivity index (χ1) is 8.24. The zero-order valence-corrected chi connectivity index (χ0v) is 11.0. The summed E-state index contributed by atoms with van der Waals surface area (Å²) in [4.78, 5) is 10.0. The van der Waals surface area contributed by atoms with E-state index in [1.54, 1.807) is 11.3 Å². The van der Waals surface area contributed by atoms with Crippen molar-refractivity contribution in [3.05, 3.63) is 46.2 Å². The Morgan fingerprint density at radius 2 is 2.18 bits per heavy atom. The highest BCUT2D eigenvalue weighted by Gasteiger charge is 2.04. The molecule has 0 spiro atoms. The van der Waals surface area contributed by atoms with Gasteiger partial charge in [0, 0.05) is 42.0 Å². The summed E-state index contributed by atoms with van der Waals surface area (Å²) in [5.74, 6) is 0. The van der Waals surface area contributed by atoms with Gasteiger partial charge in [-0.1, -0.05) is 19.9 Å². The third kappa shape index (κ3) is 3.91. The van der Waals surface area contributed by atoms with Crippen molar-refractivity contribution in [2.75, 3.05) is 0 Å². The molecule has 0 aliphatic heterocycles. The molecule has 0 aliphatic rings. The van der Waals surface area contributed by atoms with Crippen LogP contribution >= 0.6 is 11.3 Å². The van der Waals surface area contributed by atoms with Crippen molar-refractivity contribution in [3.63, 3.8) is 0 Å². The molecule has 0 bridgehead atoms. The van der Waals surface area contributed by atoms with Gasteiger partial charge in [-0.05, 0) is 12.1 Å². The van der Waals surface area contributed by atoms with Crippen LogP contribution in [0.1, 0.15) is 29.4 Å². The Labute approximate surface area is 106 Å². The molecule has 0 unspecified atom stereocenters. The molecule has 2 rings (SSSR count). The molecular formula is C13H17N3S. The molecular weight excluding hydrogens is 230 g/mol. The molecule has 0 atom stereocenters. The number of hydrogen-bond donors (Lipinski definition) is 1. The monoisotopic (exact) mass is 247 g/mol. The lowest BCUT2D eigenvalue weighted by Gasteiger charge is -2.04. The highest BCUT2D eigenvalue weighted by Crippen LogP contribution is 2.15. The summed E-state index contributed by atoms with van der Waals surface area (Å²) in [5.41, 5.74) is 1.07. The molecule has 90 valence electrons. The largest absolute Gasteiger partial charge is 0.310 e. The van der Waals surface area contributed by atoms with Gasteiger partial charge < -0.3 is 5.32 Å².